The number of amides is 2. The molecule has 0 saturated carbocycles. The molecular formula is C33H27FN2O5. The van der Waals surface area contributed by atoms with Gasteiger partial charge in [-0.1, -0.05) is 48.5 Å². The van der Waals surface area contributed by atoms with Crippen LogP contribution in [0.3, 0.4) is 0 Å². The Bertz CT molecular complexity index is 1650. The van der Waals surface area contributed by atoms with Gasteiger partial charge >= 0.3 is 0 Å². The predicted octanol–water partition coefficient (Wildman–Crippen LogP) is 6.05. The Labute approximate surface area is 236 Å². The zero-order valence-corrected chi connectivity index (χ0v) is 22.3. The second-order valence-electron chi connectivity index (χ2n) is 9.78. The van der Waals surface area contributed by atoms with E-state index in [-0.39, 0.29) is 36.0 Å². The molecule has 2 heterocycles. The van der Waals surface area contributed by atoms with Crippen molar-refractivity contribution in [1.29, 1.82) is 0 Å². The highest BCUT2D eigenvalue weighted by Crippen LogP contribution is 2.37. The first-order valence-corrected chi connectivity index (χ1v) is 13.3. The van der Waals surface area contributed by atoms with Gasteiger partial charge in [0.25, 0.3) is 11.8 Å². The molecule has 1 atom stereocenters. The molecule has 6 rings (SSSR count). The van der Waals surface area contributed by atoms with Crippen LogP contribution in [0.2, 0.25) is 0 Å². The SMILES string of the molecule is CC(NC(=O)c1ccc(C=C2Oc3ccccc3N(Cc3ccccc3F)C2=O)cc1)c1ccc2c(c1)OCCO2. The number of halogens is 1. The van der Waals surface area contributed by atoms with Gasteiger partial charge in [0.15, 0.2) is 23.0 Å². The summed E-state index contributed by atoms with van der Waals surface area (Å²) in [7, 11) is 0. The standard InChI is InChI=1S/C33H27FN2O5/c1-21(24-14-15-29-30(19-24)40-17-16-39-29)35-32(37)23-12-10-22(11-13-23)18-31-33(38)36(20-25-6-2-3-7-26(25)34)27-8-4-5-9-28(27)41-31/h2-15,18-19,21H,16-17,20H2,1H3,(H,35,37). The maximum absolute atomic E-state index is 14.4. The van der Waals surface area contributed by atoms with Crippen LogP contribution >= 0.6 is 0 Å². The highest BCUT2D eigenvalue weighted by atomic mass is 19.1. The number of anilines is 1. The zero-order valence-electron chi connectivity index (χ0n) is 22.3. The lowest BCUT2D eigenvalue weighted by Crippen LogP contribution is -2.37. The Morgan fingerprint density at radius 3 is 2.46 bits per heavy atom. The fraction of sp³-hybridized carbons (Fsp3) is 0.152. The van der Waals surface area contributed by atoms with E-state index in [0.29, 0.717) is 52.8 Å². The van der Waals surface area contributed by atoms with Crippen LogP contribution in [0.1, 0.15) is 40.0 Å². The fourth-order valence-electron chi connectivity index (χ4n) is 4.79. The number of fused-ring (bicyclic) bond motifs is 2. The number of nitrogens with one attached hydrogen (secondary N) is 1. The molecule has 0 aromatic heterocycles. The van der Waals surface area contributed by atoms with Crippen molar-refractivity contribution < 1.29 is 28.2 Å². The average molecular weight is 551 g/mol. The van der Waals surface area contributed by atoms with Crippen molar-refractivity contribution in [2.45, 2.75) is 19.5 Å². The third kappa shape index (κ3) is 5.49. The molecule has 0 saturated heterocycles. The van der Waals surface area contributed by atoms with Gasteiger partial charge < -0.3 is 19.5 Å². The number of carbonyl (C=O) groups excluding carboxylic acids is 2. The van der Waals surface area contributed by atoms with Crippen LogP contribution in [-0.2, 0) is 11.3 Å². The second kappa shape index (κ2) is 11.2. The highest BCUT2D eigenvalue weighted by Gasteiger charge is 2.30. The quantitative estimate of drug-likeness (QED) is 0.296. The number of rotatable bonds is 6. The fourth-order valence-corrected chi connectivity index (χ4v) is 4.79. The second-order valence-corrected chi connectivity index (χ2v) is 9.78. The van der Waals surface area contributed by atoms with Crippen LogP contribution in [0.15, 0.2) is 96.8 Å². The summed E-state index contributed by atoms with van der Waals surface area (Å²) in [6.07, 6.45) is 1.62. The molecule has 41 heavy (non-hydrogen) atoms. The van der Waals surface area contributed by atoms with E-state index < -0.39 is 0 Å². The maximum Gasteiger partial charge on any atom is 0.294 e. The van der Waals surface area contributed by atoms with Crippen molar-refractivity contribution in [1.82, 2.24) is 5.32 Å². The largest absolute Gasteiger partial charge is 0.486 e. The molecule has 0 radical (unpaired) electrons. The van der Waals surface area contributed by atoms with Gasteiger partial charge in [0.05, 0.1) is 18.3 Å². The molecular weight excluding hydrogens is 523 g/mol. The summed E-state index contributed by atoms with van der Waals surface area (Å²) < 4.78 is 31.6. The van der Waals surface area contributed by atoms with Crippen molar-refractivity contribution >= 4 is 23.6 Å². The van der Waals surface area contributed by atoms with E-state index in [4.69, 9.17) is 14.2 Å². The first kappa shape index (κ1) is 26.1. The van der Waals surface area contributed by atoms with E-state index in [0.717, 1.165) is 5.56 Å². The van der Waals surface area contributed by atoms with Gasteiger partial charge in [0.1, 0.15) is 19.0 Å². The van der Waals surface area contributed by atoms with E-state index in [1.165, 1.54) is 11.0 Å². The molecule has 0 aliphatic carbocycles. The molecule has 4 aromatic carbocycles. The minimum atomic E-state index is -0.387. The van der Waals surface area contributed by atoms with E-state index in [1.54, 1.807) is 66.7 Å². The smallest absolute Gasteiger partial charge is 0.294 e. The number of hydrogen-bond donors (Lipinski definition) is 1. The first-order valence-electron chi connectivity index (χ1n) is 13.3. The molecule has 0 spiro atoms. The van der Waals surface area contributed by atoms with E-state index in [9.17, 15) is 14.0 Å². The van der Waals surface area contributed by atoms with Gasteiger partial charge in [0, 0.05) is 11.1 Å². The number of carbonyl (C=O) groups is 2. The normalized spacial score (nSPS) is 15.6. The molecule has 206 valence electrons. The van der Waals surface area contributed by atoms with Gasteiger partial charge in [-0.3, -0.25) is 14.5 Å². The van der Waals surface area contributed by atoms with Gasteiger partial charge in [-0.25, -0.2) is 4.39 Å². The molecule has 8 heteroatoms. The minimum absolute atomic E-state index is 0.0594. The van der Waals surface area contributed by atoms with Gasteiger partial charge in [-0.2, -0.15) is 0 Å². The summed E-state index contributed by atoms with van der Waals surface area (Å²) in [5.74, 6) is 0.961. The van der Waals surface area contributed by atoms with Crippen LogP contribution in [-0.4, -0.2) is 25.0 Å². The minimum Gasteiger partial charge on any atom is -0.486 e. The predicted molar refractivity (Wildman–Crippen MR) is 152 cm³/mol. The Balaban J connectivity index is 1.18. The zero-order chi connectivity index (χ0) is 28.3. The molecule has 1 unspecified atom stereocenters. The monoisotopic (exact) mass is 550 g/mol. The summed E-state index contributed by atoms with van der Waals surface area (Å²) in [4.78, 5) is 27.9. The van der Waals surface area contributed by atoms with Gasteiger partial charge in [-0.05, 0) is 66.6 Å². The van der Waals surface area contributed by atoms with E-state index >= 15 is 0 Å². The molecule has 2 amide bonds. The number of nitrogens with zero attached hydrogens (tertiary/aromatic N) is 1. The lowest BCUT2D eigenvalue weighted by atomic mass is 10.1. The number of hydrogen-bond acceptors (Lipinski definition) is 5. The average Bonchev–Trinajstić information content (AvgIpc) is 3.00. The molecule has 4 aromatic rings. The van der Waals surface area contributed by atoms with Crippen molar-refractivity contribution in [2.75, 3.05) is 18.1 Å². The van der Waals surface area contributed by atoms with Crippen LogP contribution in [0.5, 0.6) is 17.2 Å². The summed E-state index contributed by atoms with van der Waals surface area (Å²) in [5, 5.41) is 3.00. The number of benzene rings is 4. The highest BCUT2D eigenvalue weighted by molar-refractivity contribution is 6.09. The maximum atomic E-state index is 14.4. The third-order valence-electron chi connectivity index (χ3n) is 7.00. The van der Waals surface area contributed by atoms with Crippen molar-refractivity contribution in [3.8, 4) is 17.2 Å². The molecule has 0 fully saturated rings. The van der Waals surface area contributed by atoms with Crippen LogP contribution in [0.4, 0.5) is 10.1 Å². The lowest BCUT2D eigenvalue weighted by molar-refractivity contribution is -0.117. The van der Waals surface area contributed by atoms with Crippen LogP contribution in [0.25, 0.3) is 6.08 Å². The van der Waals surface area contributed by atoms with Crippen LogP contribution < -0.4 is 24.4 Å². The number of para-hydroxylation sites is 2. The third-order valence-corrected chi connectivity index (χ3v) is 7.00. The summed E-state index contributed by atoms with van der Waals surface area (Å²) in [5.41, 5.74) is 3.01. The Morgan fingerprint density at radius 2 is 1.66 bits per heavy atom. The topological polar surface area (TPSA) is 77.1 Å². The van der Waals surface area contributed by atoms with Crippen molar-refractivity contribution in [2.24, 2.45) is 0 Å². The first-order chi connectivity index (χ1) is 20.0. The molecule has 1 N–H and O–H groups in total. The van der Waals surface area contributed by atoms with Gasteiger partial charge in [0.2, 0.25) is 0 Å². The van der Waals surface area contributed by atoms with Gasteiger partial charge in [-0.15, -0.1) is 0 Å². The Hall–Kier alpha value is -5.11. The van der Waals surface area contributed by atoms with E-state index in [1.807, 2.05) is 31.2 Å². The lowest BCUT2D eigenvalue weighted by Gasteiger charge is -2.30. The Kier molecular flexibility index (Phi) is 7.12. The van der Waals surface area contributed by atoms with Crippen molar-refractivity contribution in [3.63, 3.8) is 0 Å². The molecule has 7 nitrogen and oxygen atoms in total. The number of ether oxygens (including phenoxy) is 3. The summed E-state index contributed by atoms with van der Waals surface area (Å²) in [6, 6.07) is 25.8. The molecule has 2 aliphatic heterocycles. The van der Waals surface area contributed by atoms with Crippen molar-refractivity contribution in [3.05, 3.63) is 125 Å². The summed E-state index contributed by atoms with van der Waals surface area (Å²) >= 11 is 0. The van der Waals surface area contributed by atoms with Crippen LogP contribution in [0, 0.1) is 5.82 Å². The van der Waals surface area contributed by atoms with E-state index in [2.05, 4.69) is 5.32 Å². The Morgan fingerprint density at radius 1 is 0.927 bits per heavy atom. The molecule has 2 aliphatic rings. The summed E-state index contributed by atoms with van der Waals surface area (Å²) in [6.45, 7) is 2.97. The molecule has 0 bridgehead atoms.